The summed E-state index contributed by atoms with van der Waals surface area (Å²) in [6.07, 6.45) is 8.45. The Hall–Kier alpha value is -1.18. The van der Waals surface area contributed by atoms with Crippen molar-refractivity contribution in [2.24, 2.45) is 5.92 Å². The molecule has 0 spiro atoms. The molecule has 2 aliphatic carbocycles. The Labute approximate surface area is 270 Å². The van der Waals surface area contributed by atoms with Crippen LogP contribution in [-0.4, -0.2) is 5.92 Å². The van der Waals surface area contributed by atoms with E-state index in [0.29, 0.717) is 17.8 Å². The Morgan fingerprint density at radius 3 is 1.98 bits per heavy atom. The topological polar surface area (TPSA) is 0 Å². The van der Waals surface area contributed by atoms with Gasteiger partial charge in [-0.3, -0.25) is 0 Å². The van der Waals surface area contributed by atoms with Crippen LogP contribution >= 0.6 is 17.0 Å². The van der Waals surface area contributed by atoms with E-state index in [-0.39, 0.29) is 7.25 Å². The van der Waals surface area contributed by atoms with Gasteiger partial charge in [0.15, 0.2) is 0 Å². The SMILES string of the molecule is CCCC(C)C1=Cc2c(C(C)CC)cccc2[CH]1[Zr]([Cl])([Cl])([CH]1C(C)=Cc2c(-c3ccc(C(C)C)cc3)cccc21)[SiH](C)C. The van der Waals surface area contributed by atoms with Crippen LogP contribution in [0.2, 0.25) is 13.1 Å². The van der Waals surface area contributed by atoms with Gasteiger partial charge in [-0.25, -0.2) is 0 Å². The van der Waals surface area contributed by atoms with Crippen molar-refractivity contribution in [1.29, 1.82) is 0 Å². The zero-order valence-corrected chi connectivity index (χ0v) is 32.9. The van der Waals surface area contributed by atoms with Gasteiger partial charge in [-0.15, -0.1) is 0 Å². The third-order valence-electron chi connectivity index (χ3n) is 10.9. The van der Waals surface area contributed by atoms with Crippen LogP contribution < -0.4 is 0 Å². The first-order chi connectivity index (χ1) is 20.3. The Balaban J connectivity index is 1.73. The first-order valence-corrected chi connectivity index (χ1v) is 33.0. The fourth-order valence-electron chi connectivity index (χ4n) is 8.16. The maximum absolute atomic E-state index is 8.61. The molecule has 43 heavy (non-hydrogen) atoms. The molecular weight excluding hydrogens is 659 g/mol. The second kappa shape index (κ2) is 12.5. The van der Waals surface area contributed by atoms with E-state index >= 15 is 0 Å². The first-order valence-electron chi connectivity index (χ1n) is 16.7. The summed E-state index contributed by atoms with van der Waals surface area (Å²) in [5.74, 6) is -0.0855. The second-order valence-corrected chi connectivity index (χ2v) is 56.7. The third kappa shape index (κ3) is 5.49. The third-order valence-corrected chi connectivity index (χ3v) is 62.9. The average Bonchev–Trinajstić information content (AvgIpc) is 3.55. The van der Waals surface area contributed by atoms with Crippen LogP contribution in [-0.2, 0) is 15.6 Å². The van der Waals surface area contributed by atoms with E-state index in [1.165, 1.54) is 68.5 Å². The van der Waals surface area contributed by atoms with Crippen LogP contribution in [0.3, 0.4) is 0 Å². The summed E-state index contributed by atoms with van der Waals surface area (Å²) in [6, 6.07) is 23.0. The number of hydrogen-bond donors (Lipinski definition) is 0. The fourth-order valence-corrected chi connectivity index (χ4v) is 40.2. The molecule has 4 heteroatoms. The normalized spacial score (nSPS) is 20.3. The van der Waals surface area contributed by atoms with Crippen molar-refractivity contribution >= 4 is 35.1 Å². The molecule has 0 heterocycles. The minimum absolute atomic E-state index is 0.127. The summed E-state index contributed by atoms with van der Waals surface area (Å²) in [5, 5.41) is 0. The molecule has 0 aromatic heterocycles. The molecule has 0 aliphatic heterocycles. The zero-order valence-electron chi connectivity index (χ0n) is 27.8. The van der Waals surface area contributed by atoms with Crippen LogP contribution in [0.25, 0.3) is 23.3 Å². The molecular formula is C39H51Cl2SiZr. The van der Waals surface area contributed by atoms with E-state index in [1.807, 2.05) is 0 Å². The molecule has 4 unspecified atom stereocenters. The van der Waals surface area contributed by atoms with Gasteiger partial charge in [0, 0.05) is 0 Å². The molecule has 0 saturated heterocycles. The van der Waals surface area contributed by atoms with Gasteiger partial charge >= 0.3 is 273 Å². The summed E-state index contributed by atoms with van der Waals surface area (Å²) in [5.41, 5.74) is 13.8. The molecule has 4 atom stereocenters. The van der Waals surface area contributed by atoms with Crippen molar-refractivity contribution in [3.8, 4) is 11.1 Å². The van der Waals surface area contributed by atoms with Gasteiger partial charge in [0.1, 0.15) is 0 Å². The number of halogens is 2. The van der Waals surface area contributed by atoms with E-state index in [9.17, 15) is 0 Å². The van der Waals surface area contributed by atoms with E-state index in [0.717, 1.165) is 6.42 Å². The predicted octanol–water partition coefficient (Wildman–Crippen LogP) is 13.0. The number of benzene rings is 3. The molecule has 0 nitrogen and oxygen atoms in total. The van der Waals surface area contributed by atoms with E-state index < -0.39 is 21.5 Å². The Morgan fingerprint density at radius 2 is 1.40 bits per heavy atom. The zero-order chi connectivity index (χ0) is 31.3. The van der Waals surface area contributed by atoms with Crippen LogP contribution in [0.5, 0.6) is 0 Å². The van der Waals surface area contributed by atoms with Crippen molar-refractivity contribution in [1.82, 2.24) is 0 Å². The summed E-state index contributed by atoms with van der Waals surface area (Å²) in [7, 11) is 17.2. The molecule has 0 radical (unpaired) electrons. The standard InChI is InChI=1S/C19H19.C18H25.C2H7Si.2ClH.Zr/c1-13(2)15-7-9-16(10-8-15)18-6-4-5-17-11-14(3)12-19(17)18;1-5-8-14(4)16-11-15-9-7-10-17(13(3)6-2)18(15)12-16;1-3-2;;;/h4-13H,1-3H3;7,9-14H,5-6,8H2,1-4H3;3H,1-2H3;2*1H;/q;;;;;+2/p-2. The van der Waals surface area contributed by atoms with Gasteiger partial charge in [0.2, 0.25) is 0 Å². The first kappa shape index (κ1) is 33.2. The van der Waals surface area contributed by atoms with E-state index in [2.05, 4.69) is 134 Å². The molecule has 229 valence electrons. The summed E-state index contributed by atoms with van der Waals surface area (Å²) >= 11 is -4.74. The van der Waals surface area contributed by atoms with Gasteiger partial charge in [-0.05, 0) is 0 Å². The number of fused-ring (bicyclic) bond motifs is 2. The molecule has 0 saturated carbocycles. The monoisotopic (exact) mass is 707 g/mol. The number of allylic oxidation sites excluding steroid dienone is 2. The summed E-state index contributed by atoms with van der Waals surface area (Å²) in [6.45, 7) is 21.1. The number of rotatable bonds is 10. The van der Waals surface area contributed by atoms with Crippen LogP contribution in [0.4, 0.5) is 0 Å². The second-order valence-electron chi connectivity index (χ2n) is 14.2. The Kier molecular flexibility index (Phi) is 9.69. The molecule has 3 aromatic carbocycles. The molecule has 0 fully saturated rings. The van der Waals surface area contributed by atoms with Gasteiger partial charge in [-0.2, -0.15) is 0 Å². The van der Waals surface area contributed by atoms with Gasteiger partial charge in [-0.1, -0.05) is 0 Å². The van der Waals surface area contributed by atoms with Crippen LogP contribution in [0.15, 0.2) is 71.8 Å². The summed E-state index contributed by atoms with van der Waals surface area (Å²) < 4.78 is 0.284. The van der Waals surface area contributed by atoms with Crippen molar-refractivity contribution in [2.75, 3.05) is 0 Å². The van der Waals surface area contributed by atoms with Crippen LogP contribution in [0.1, 0.15) is 120 Å². The predicted molar refractivity (Wildman–Crippen MR) is 193 cm³/mol. The molecule has 0 N–H and O–H groups in total. The van der Waals surface area contributed by atoms with Gasteiger partial charge < -0.3 is 0 Å². The van der Waals surface area contributed by atoms with Crippen molar-refractivity contribution in [3.05, 3.63) is 105 Å². The Bertz CT molecular complexity index is 1560. The summed E-state index contributed by atoms with van der Waals surface area (Å²) in [4.78, 5) is 0. The Morgan fingerprint density at radius 1 is 0.767 bits per heavy atom. The van der Waals surface area contributed by atoms with Crippen LogP contribution in [0, 0.1) is 5.92 Å². The molecule has 2 aliphatic rings. The van der Waals surface area contributed by atoms with Gasteiger partial charge in [0.25, 0.3) is 0 Å². The average molecular weight is 710 g/mol. The van der Waals surface area contributed by atoms with Crippen molar-refractivity contribution in [3.63, 3.8) is 0 Å². The van der Waals surface area contributed by atoms with E-state index in [4.69, 9.17) is 17.0 Å². The maximum atomic E-state index is 8.61. The molecule has 0 bridgehead atoms. The van der Waals surface area contributed by atoms with Crippen molar-refractivity contribution < 1.29 is 15.6 Å². The van der Waals surface area contributed by atoms with Crippen molar-refractivity contribution in [2.45, 2.75) is 99.9 Å². The molecule has 0 amide bonds. The number of hydrogen-bond acceptors (Lipinski definition) is 0. The molecule has 3 aromatic rings. The molecule has 5 rings (SSSR count). The quantitative estimate of drug-likeness (QED) is 0.184. The minimum atomic E-state index is -4.74. The van der Waals surface area contributed by atoms with Gasteiger partial charge in [0.05, 0.1) is 0 Å². The van der Waals surface area contributed by atoms with E-state index in [1.54, 1.807) is 0 Å². The fraction of sp³-hybridized carbons (Fsp3) is 0.436.